The van der Waals surface area contributed by atoms with Gasteiger partial charge in [-0.25, -0.2) is 9.07 Å². The Labute approximate surface area is 183 Å². The number of aromatic nitrogens is 2. The fraction of sp³-hybridized carbons (Fsp3) is 0.217. The van der Waals surface area contributed by atoms with Crippen molar-refractivity contribution < 1.29 is 18.7 Å². The largest absolute Gasteiger partial charge is 0.378 e. The van der Waals surface area contributed by atoms with Crippen molar-refractivity contribution in [2.24, 2.45) is 0 Å². The maximum atomic E-state index is 13.1. The van der Waals surface area contributed by atoms with Crippen molar-refractivity contribution in [3.63, 3.8) is 0 Å². The summed E-state index contributed by atoms with van der Waals surface area (Å²) in [5.74, 6) is -0.901. The Bertz CT molecular complexity index is 1170. The van der Waals surface area contributed by atoms with Crippen LogP contribution in [0, 0.1) is 5.82 Å². The number of carbonyl (C=O) groups excluding carboxylic acids is 2. The molecule has 8 nitrogen and oxygen atoms in total. The van der Waals surface area contributed by atoms with E-state index in [1.807, 2.05) is 0 Å². The van der Waals surface area contributed by atoms with Crippen LogP contribution >= 0.6 is 0 Å². The van der Waals surface area contributed by atoms with Crippen molar-refractivity contribution in [2.45, 2.75) is 6.54 Å². The number of carbonyl (C=O) groups is 2. The van der Waals surface area contributed by atoms with Crippen molar-refractivity contribution in [3.8, 4) is 11.3 Å². The van der Waals surface area contributed by atoms with Gasteiger partial charge in [-0.15, -0.1) is 0 Å². The maximum Gasteiger partial charge on any atom is 0.267 e. The quantitative estimate of drug-likeness (QED) is 0.662. The summed E-state index contributed by atoms with van der Waals surface area (Å²) in [7, 11) is 0. The summed E-state index contributed by atoms with van der Waals surface area (Å²) in [6, 6.07) is 15.1. The summed E-state index contributed by atoms with van der Waals surface area (Å²) >= 11 is 0. The van der Waals surface area contributed by atoms with Gasteiger partial charge < -0.3 is 15.0 Å². The van der Waals surface area contributed by atoms with Gasteiger partial charge in [0.05, 0.1) is 18.9 Å². The van der Waals surface area contributed by atoms with E-state index >= 15 is 0 Å². The molecule has 0 aliphatic carbocycles. The Morgan fingerprint density at radius 1 is 0.969 bits per heavy atom. The molecule has 2 heterocycles. The van der Waals surface area contributed by atoms with Gasteiger partial charge in [0, 0.05) is 36.0 Å². The van der Waals surface area contributed by atoms with E-state index in [0.29, 0.717) is 48.8 Å². The molecule has 2 aromatic carbocycles. The Morgan fingerprint density at radius 3 is 2.34 bits per heavy atom. The molecule has 9 heteroatoms. The predicted molar refractivity (Wildman–Crippen MR) is 116 cm³/mol. The van der Waals surface area contributed by atoms with E-state index in [1.165, 1.54) is 24.3 Å². The molecule has 164 valence electrons. The molecule has 32 heavy (non-hydrogen) atoms. The summed E-state index contributed by atoms with van der Waals surface area (Å²) < 4.78 is 19.4. The smallest absolute Gasteiger partial charge is 0.267 e. The average Bonchev–Trinajstić information content (AvgIpc) is 2.82. The fourth-order valence-corrected chi connectivity index (χ4v) is 3.32. The second kappa shape index (κ2) is 9.52. The third-order valence-corrected chi connectivity index (χ3v) is 5.01. The lowest BCUT2D eigenvalue weighted by atomic mass is 10.1. The highest BCUT2D eigenvalue weighted by atomic mass is 19.1. The Morgan fingerprint density at radius 2 is 1.66 bits per heavy atom. The Kier molecular flexibility index (Phi) is 6.37. The van der Waals surface area contributed by atoms with E-state index in [2.05, 4.69) is 10.4 Å². The minimum atomic E-state index is -0.442. The van der Waals surface area contributed by atoms with Crippen molar-refractivity contribution in [3.05, 3.63) is 82.4 Å². The van der Waals surface area contributed by atoms with Gasteiger partial charge >= 0.3 is 0 Å². The number of rotatable bonds is 5. The van der Waals surface area contributed by atoms with E-state index < -0.39 is 11.5 Å². The molecule has 1 saturated heterocycles. The number of morpholine rings is 1. The zero-order valence-corrected chi connectivity index (χ0v) is 17.2. The highest BCUT2D eigenvalue weighted by Crippen LogP contribution is 2.16. The van der Waals surface area contributed by atoms with Crippen LogP contribution in [0.3, 0.4) is 0 Å². The van der Waals surface area contributed by atoms with E-state index in [9.17, 15) is 18.8 Å². The summed E-state index contributed by atoms with van der Waals surface area (Å²) in [6.07, 6.45) is 0. The molecule has 1 aliphatic heterocycles. The number of nitrogens with zero attached hydrogens (tertiary/aromatic N) is 3. The number of nitrogens with one attached hydrogen (secondary N) is 1. The molecule has 0 atom stereocenters. The molecule has 0 unspecified atom stereocenters. The lowest BCUT2D eigenvalue weighted by Gasteiger charge is -2.26. The van der Waals surface area contributed by atoms with E-state index in [1.54, 1.807) is 41.3 Å². The van der Waals surface area contributed by atoms with Gasteiger partial charge in [0.1, 0.15) is 12.4 Å². The van der Waals surface area contributed by atoms with Crippen molar-refractivity contribution in [2.75, 3.05) is 31.6 Å². The number of anilines is 1. The summed E-state index contributed by atoms with van der Waals surface area (Å²) in [4.78, 5) is 38.8. The number of amides is 2. The van der Waals surface area contributed by atoms with Crippen molar-refractivity contribution in [1.29, 1.82) is 0 Å². The average molecular weight is 436 g/mol. The topological polar surface area (TPSA) is 93.5 Å². The van der Waals surface area contributed by atoms with Gasteiger partial charge in [0.25, 0.3) is 11.5 Å². The van der Waals surface area contributed by atoms with Crippen LogP contribution < -0.4 is 10.9 Å². The van der Waals surface area contributed by atoms with E-state index in [4.69, 9.17) is 4.74 Å². The molecule has 1 fully saturated rings. The Hall–Kier alpha value is -3.85. The number of halogens is 1. The van der Waals surface area contributed by atoms with Gasteiger partial charge in [-0.3, -0.25) is 14.4 Å². The van der Waals surface area contributed by atoms with Crippen LogP contribution in [0.5, 0.6) is 0 Å². The first kappa shape index (κ1) is 21.4. The number of hydrogen-bond acceptors (Lipinski definition) is 5. The molecule has 1 N–H and O–H groups in total. The Balaban J connectivity index is 1.41. The van der Waals surface area contributed by atoms with Gasteiger partial charge in [-0.2, -0.15) is 5.10 Å². The first-order valence-corrected chi connectivity index (χ1v) is 10.1. The number of benzene rings is 2. The summed E-state index contributed by atoms with van der Waals surface area (Å²) in [5, 5.41) is 6.90. The van der Waals surface area contributed by atoms with Crippen molar-refractivity contribution >= 4 is 17.5 Å². The molecule has 0 radical (unpaired) electrons. The summed E-state index contributed by atoms with van der Waals surface area (Å²) in [5.41, 5.74) is 1.66. The zero-order chi connectivity index (χ0) is 22.5. The van der Waals surface area contributed by atoms with Crippen LogP contribution in [-0.2, 0) is 16.1 Å². The number of ether oxygens (including phenoxy) is 1. The molecule has 3 aromatic rings. The molecule has 1 aliphatic rings. The van der Waals surface area contributed by atoms with Crippen LogP contribution in [0.25, 0.3) is 11.3 Å². The second-order valence-corrected chi connectivity index (χ2v) is 7.25. The summed E-state index contributed by atoms with van der Waals surface area (Å²) in [6.45, 7) is 1.86. The minimum Gasteiger partial charge on any atom is -0.378 e. The molecule has 1 aromatic heterocycles. The highest BCUT2D eigenvalue weighted by molar-refractivity contribution is 5.95. The highest BCUT2D eigenvalue weighted by Gasteiger charge is 2.18. The standard InChI is InChI=1S/C23H21FN4O4/c24-18-5-1-16(2-6-18)20-9-10-22(30)28(26-20)15-21(29)25-19-7-3-17(4-8-19)23(31)27-11-13-32-14-12-27/h1-10H,11-15H2,(H,25,29). The van der Waals surface area contributed by atoms with Crippen LogP contribution in [0.2, 0.25) is 0 Å². The van der Waals surface area contributed by atoms with Gasteiger partial charge in [-0.1, -0.05) is 0 Å². The van der Waals surface area contributed by atoms with Gasteiger partial charge in [0.15, 0.2) is 0 Å². The number of hydrogen-bond donors (Lipinski definition) is 1. The monoisotopic (exact) mass is 436 g/mol. The van der Waals surface area contributed by atoms with E-state index in [0.717, 1.165) is 4.68 Å². The predicted octanol–water partition coefficient (Wildman–Crippen LogP) is 2.16. The minimum absolute atomic E-state index is 0.0838. The lowest BCUT2D eigenvalue weighted by Crippen LogP contribution is -2.40. The first-order chi connectivity index (χ1) is 15.5. The maximum absolute atomic E-state index is 13.1. The van der Waals surface area contributed by atoms with Gasteiger partial charge in [-0.05, 0) is 54.6 Å². The zero-order valence-electron chi connectivity index (χ0n) is 17.2. The SMILES string of the molecule is O=C(Cn1nc(-c2ccc(F)cc2)ccc1=O)Nc1ccc(C(=O)N2CCOCC2)cc1. The third-order valence-electron chi connectivity index (χ3n) is 5.01. The van der Waals surface area contributed by atoms with Crippen LogP contribution in [0.1, 0.15) is 10.4 Å². The van der Waals surface area contributed by atoms with Gasteiger partial charge in [0.2, 0.25) is 5.91 Å². The second-order valence-electron chi connectivity index (χ2n) is 7.25. The molecule has 0 saturated carbocycles. The molecular weight excluding hydrogens is 415 g/mol. The first-order valence-electron chi connectivity index (χ1n) is 10.1. The molecular formula is C23H21FN4O4. The van der Waals surface area contributed by atoms with Crippen LogP contribution in [0.15, 0.2) is 65.5 Å². The molecule has 4 rings (SSSR count). The molecule has 2 amide bonds. The van der Waals surface area contributed by atoms with Crippen LogP contribution in [0.4, 0.5) is 10.1 Å². The third kappa shape index (κ3) is 5.06. The molecule has 0 bridgehead atoms. The molecule has 0 spiro atoms. The fourth-order valence-electron chi connectivity index (χ4n) is 3.32. The van der Waals surface area contributed by atoms with E-state index in [-0.39, 0.29) is 18.3 Å². The van der Waals surface area contributed by atoms with Crippen molar-refractivity contribution in [1.82, 2.24) is 14.7 Å². The lowest BCUT2D eigenvalue weighted by molar-refractivity contribution is -0.117. The van der Waals surface area contributed by atoms with Crippen LogP contribution in [-0.4, -0.2) is 52.8 Å². The normalized spacial score (nSPS) is 13.6.